The second-order valence-corrected chi connectivity index (χ2v) is 8.29. The number of amides is 1. The van der Waals surface area contributed by atoms with Crippen LogP contribution in [0, 0.1) is 0 Å². The molecule has 31 heavy (non-hydrogen) atoms. The number of rotatable bonds is 8. The molecule has 0 aliphatic heterocycles. The molecular weight excluding hydrogens is 410 g/mol. The van der Waals surface area contributed by atoms with Gasteiger partial charge in [-0.1, -0.05) is 32.0 Å². The van der Waals surface area contributed by atoms with Gasteiger partial charge in [0, 0.05) is 18.5 Å². The summed E-state index contributed by atoms with van der Waals surface area (Å²) in [5.41, 5.74) is 2.42. The average molecular weight is 436 g/mol. The Hall–Kier alpha value is -3.26. The average Bonchev–Trinajstić information content (AvgIpc) is 3.43. The van der Waals surface area contributed by atoms with Crippen molar-refractivity contribution in [3.8, 4) is 10.6 Å². The van der Waals surface area contributed by atoms with Crippen LogP contribution in [0.15, 0.2) is 58.7 Å². The Labute approximate surface area is 184 Å². The van der Waals surface area contributed by atoms with Gasteiger partial charge in [0.1, 0.15) is 18.1 Å². The summed E-state index contributed by atoms with van der Waals surface area (Å²) in [5, 5.41) is 9.55. The largest absolute Gasteiger partial charge is 0.350 e. The molecule has 0 aliphatic carbocycles. The summed E-state index contributed by atoms with van der Waals surface area (Å²) in [7, 11) is 0. The molecule has 0 saturated heterocycles. The molecule has 0 fully saturated rings. The van der Waals surface area contributed by atoms with E-state index in [9.17, 15) is 9.59 Å². The van der Waals surface area contributed by atoms with E-state index in [0.717, 1.165) is 33.8 Å². The van der Waals surface area contributed by atoms with Crippen molar-refractivity contribution >= 4 is 28.3 Å². The minimum atomic E-state index is -0.198. The van der Waals surface area contributed by atoms with E-state index in [0.29, 0.717) is 13.0 Å². The van der Waals surface area contributed by atoms with E-state index in [1.165, 1.54) is 10.7 Å². The number of carbonyl (C=O) groups is 1. The number of para-hydroxylation sites is 2. The molecule has 3 heterocycles. The van der Waals surface area contributed by atoms with Gasteiger partial charge in [-0.05, 0) is 36.1 Å². The maximum absolute atomic E-state index is 12.9. The summed E-state index contributed by atoms with van der Waals surface area (Å²) in [6, 6.07) is 14.8. The van der Waals surface area contributed by atoms with Crippen LogP contribution in [0.5, 0.6) is 0 Å². The summed E-state index contributed by atoms with van der Waals surface area (Å²) < 4.78 is 3.40. The van der Waals surface area contributed by atoms with Crippen molar-refractivity contribution in [2.75, 3.05) is 0 Å². The van der Waals surface area contributed by atoms with Crippen molar-refractivity contribution in [2.45, 2.75) is 45.8 Å². The number of carbonyl (C=O) groups excluding carboxylic acids is 1. The fourth-order valence-electron chi connectivity index (χ4n) is 3.61. The van der Waals surface area contributed by atoms with Crippen molar-refractivity contribution < 1.29 is 4.79 Å². The van der Waals surface area contributed by atoms with Crippen molar-refractivity contribution in [1.29, 1.82) is 0 Å². The smallest absolute Gasteiger partial charge is 0.266 e. The van der Waals surface area contributed by atoms with E-state index in [1.54, 1.807) is 17.4 Å². The highest BCUT2D eigenvalue weighted by molar-refractivity contribution is 7.13. The quantitative estimate of drug-likeness (QED) is 0.459. The van der Waals surface area contributed by atoms with Gasteiger partial charge in [0.15, 0.2) is 0 Å². The predicted octanol–water partition coefficient (Wildman–Crippen LogP) is 3.48. The topological polar surface area (TPSA) is 81.8 Å². The number of imidazole rings is 1. The summed E-state index contributed by atoms with van der Waals surface area (Å²) in [6.45, 7) is 4.54. The Morgan fingerprint density at radius 3 is 2.71 bits per heavy atom. The van der Waals surface area contributed by atoms with E-state index in [2.05, 4.69) is 15.4 Å². The monoisotopic (exact) mass is 435 g/mol. The van der Waals surface area contributed by atoms with Crippen molar-refractivity contribution in [2.24, 2.45) is 0 Å². The Morgan fingerprint density at radius 2 is 1.97 bits per heavy atom. The number of benzene rings is 1. The van der Waals surface area contributed by atoms with Gasteiger partial charge >= 0.3 is 0 Å². The molecule has 160 valence electrons. The zero-order valence-corrected chi connectivity index (χ0v) is 18.4. The fourth-order valence-corrected chi connectivity index (χ4v) is 4.30. The first-order valence-electron chi connectivity index (χ1n) is 10.4. The van der Waals surface area contributed by atoms with Crippen LogP contribution in [-0.2, 0) is 24.3 Å². The number of fused-ring (bicyclic) bond motifs is 1. The highest BCUT2D eigenvalue weighted by Gasteiger charge is 2.16. The van der Waals surface area contributed by atoms with Gasteiger partial charge in [-0.2, -0.15) is 5.10 Å². The molecule has 0 aliphatic rings. The van der Waals surface area contributed by atoms with Gasteiger partial charge < -0.3 is 9.88 Å². The van der Waals surface area contributed by atoms with E-state index < -0.39 is 0 Å². The number of nitrogens with one attached hydrogen (secondary N) is 1. The summed E-state index contributed by atoms with van der Waals surface area (Å²) >= 11 is 1.58. The summed E-state index contributed by atoms with van der Waals surface area (Å²) in [4.78, 5) is 30.8. The Kier molecular flexibility index (Phi) is 6.27. The molecule has 8 heteroatoms. The minimum absolute atomic E-state index is 0.104. The first-order chi connectivity index (χ1) is 15.1. The molecule has 4 rings (SSSR count). The zero-order valence-electron chi connectivity index (χ0n) is 17.6. The zero-order chi connectivity index (χ0) is 21.8. The van der Waals surface area contributed by atoms with Crippen LogP contribution in [0.4, 0.5) is 0 Å². The number of hydrogen-bond donors (Lipinski definition) is 1. The third kappa shape index (κ3) is 4.59. The van der Waals surface area contributed by atoms with Crippen LogP contribution in [0.1, 0.15) is 26.1 Å². The maximum atomic E-state index is 12.9. The van der Waals surface area contributed by atoms with Gasteiger partial charge in [-0.3, -0.25) is 9.59 Å². The number of aromatic nitrogens is 4. The van der Waals surface area contributed by atoms with Crippen molar-refractivity contribution in [3.05, 3.63) is 70.1 Å². The molecule has 0 saturated carbocycles. The lowest BCUT2D eigenvalue weighted by molar-refractivity contribution is -0.122. The van der Waals surface area contributed by atoms with Crippen LogP contribution in [0.25, 0.3) is 21.6 Å². The third-order valence-corrected chi connectivity index (χ3v) is 6.14. The summed E-state index contributed by atoms with van der Waals surface area (Å²) in [6.07, 6.45) is 1.43. The lowest BCUT2D eigenvalue weighted by Gasteiger charge is -2.18. The van der Waals surface area contributed by atoms with Gasteiger partial charge in [0.25, 0.3) is 5.56 Å². The van der Waals surface area contributed by atoms with Crippen LogP contribution < -0.4 is 10.9 Å². The fraction of sp³-hybridized carbons (Fsp3) is 0.304. The third-order valence-electron chi connectivity index (χ3n) is 5.24. The number of aryl methyl sites for hydroxylation is 1. The normalized spacial score (nSPS) is 12.2. The molecule has 1 aromatic carbocycles. The molecular formula is C23H25N5O2S. The lowest BCUT2D eigenvalue weighted by Crippen LogP contribution is -2.41. The van der Waals surface area contributed by atoms with Gasteiger partial charge in [-0.25, -0.2) is 9.67 Å². The Balaban J connectivity index is 1.50. The highest BCUT2D eigenvalue weighted by Crippen LogP contribution is 2.21. The number of nitrogens with zero attached hydrogens (tertiary/aromatic N) is 4. The molecule has 0 bridgehead atoms. The molecule has 7 nitrogen and oxygen atoms in total. The maximum Gasteiger partial charge on any atom is 0.266 e. The minimum Gasteiger partial charge on any atom is -0.350 e. The first kappa shape index (κ1) is 21.0. The van der Waals surface area contributed by atoms with Gasteiger partial charge in [-0.15, -0.1) is 11.3 Å². The molecule has 0 spiro atoms. The molecule has 1 atom stereocenters. The second kappa shape index (κ2) is 9.26. The Bertz CT molecular complexity index is 1240. The molecule has 4 aromatic rings. The first-order valence-corrected chi connectivity index (χ1v) is 11.3. The predicted molar refractivity (Wildman–Crippen MR) is 123 cm³/mol. The summed E-state index contributed by atoms with van der Waals surface area (Å²) in [5.74, 6) is 0.776. The van der Waals surface area contributed by atoms with E-state index in [-0.39, 0.29) is 24.1 Å². The molecule has 3 aromatic heterocycles. The molecule has 1 amide bonds. The van der Waals surface area contributed by atoms with Gasteiger partial charge in [0.05, 0.1) is 22.5 Å². The standard InChI is InChI=1S/C23H25N5O2S/c1-3-16(14-28-23(30)12-11-18(26-28)20-10-7-13-31-20)24-22(29)15-27-19-9-6-5-8-17(19)25-21(27)4-2/h5-13,16H,3-4,14-15H2,1-2H3,(H,24,29)/t16-/m1/s1. The van der Waals surface area contributed by atoms with Crippen LogP contribution in [-0.4, -0.2) is 31.3 Å². The van der Waals surface area contributed by atoms with Gasteiger partial charge in [0.2, 0.25) is 5.91 Å². The van der Waals surface area contributed by atoms with E-state index in [4.69, 9.17) is 0 Å². The van der Waals surface area contributed by atoms with Crippen LogP contribution >= 0.6 is 11.3 Å². The van der Waals surface area contributed by atoms with Crippen molar-refractivity contribution in [3.63, 3.8) is 0 Å². The number of hydrogen-bond acceptors (Lipinski definition) is 5. The second-order valence-electron chi connectivity index (χ2n) is 7.35. The Morgan fingerprint density at radius 1 is 1.13 bits per heavy atom. The highest BCUT2D eigenvalue weighted by atomic mass is 32.1. The van der Waals surface area contributed by atoms with Crippen LogP contribution in [0.3, 0.4) is 0 Å². The molecule has 1 N–H and O–H groups in total. The molecule has 0 radical (unpaired) electrons. The lowest BCUT2D eigenvalue weighted by atomic mass is 10.2. The van der Waals surface area contributed by atoms with E-state index in [1.807, 2.05) is 60.2 Å². The van der Waals surface area contributed by atoms with Crippen LogP contribution in [0.2, 0.25) is 0 Å². The SMILES string of the molecule is CCc1nc2ccccc2n1CC(=O)N[C@H](CC)Cn1nc(-c2cccs2)ccc1=O. The van der Waals surface area contributed by atoms with Crippen molar-refractivity contribution in [1.82, 2.24) is 24.6 Å². The number of thiophene rings is 1. The van der Waals surface area contributed by atoms with E-state index >= 15 is 0 Å². The molecule has 0 unspecified atom stereocenters.